The van der Waals surface area contributed by atoms with Crippen LogP contribution in [-0.2, 0) is 23.2 Å². The molecule has 4 nitrogen and oxygen atoms in total. The van der Waals surface area contributed by atoms with Gasteiger partial charge in [0.25, 0.3) is 0 Å². The average molecular weight is 332 g/mol. The van der Waals surface area contributed by atoms with E-state index in [0.29, 0.717) is 16.7 Å². The number of aromatic nitrogens is 4. The third-order valence-electron chi connectivity index (χ3n) is 1.09. The number of halogens is 2. The standard InChI is InChI=1S/2C2H2N2P.2ClH.Zr/c2*1-2-5-4-3-1;;;/h2*2,5H;2*1H;/q;;;;+2/p-2. The molecule has 0 amide bonds. The van der Waals surface area contributed by atoms with Crippen molar-refractivity contribution < 1.29 is 48.0 Å². The molecule has 68 valence electrons. The fraction of sp³-hybridized carbons (Fsp3) is 0. The number of hydrogen-bond acceptors (Lipinski definition) is 4. The molecule has 0 aliphatic heterocycles. The average Bonchev–Trinajstić information content (AvgIpc) is 2.60. The Morgan fingerprint density at radius 3 is 1.69 bits per heavy atom. The first-order valence-electron chi connectivity index (χ1n) is 2.95. The van der Waals surface area contributed by atoms with Gasteiger partial charge in [0.15, 0.2) is 0 Å². The zero-order valence-corrected chi connectivity index (χ0v) is 12.2. The molecule has 0 spiro atoms. The monoisotopic (exact) mass is 330 g/mol. The van der Waals surface area contributed by atoms with Gasteiger partial charge in [-0.25, -0.2) is 0 Å². The van der Waals surface area contributed by atoms with E-state index in [1.165, 1.54) is 6.80 Å². The van der Waals surface area contributed by atoms with E-state index in [4.69, 9.17) is 0 Å². The summed E-state index contributed by atoms with van der Waals surface area (Å²) in [7, 11) is 1.11. The summed E-state index contributed by atoms with van der Waals surface area (Å²) in [4.78, 5) is 7.82. The van der Waals surface area contributed by atoms with Crippen molar-refractivity contribution in [2.24, 2.45) is 0 Å². The molecule has 9 heteroatoms. The van der Waals surface area contributed by atoms with Crippen LogP contribution in [0.4, 0.5) is 0 Å². The Morgan fingerprint density at radius 1 is 0.923 bits per heavy atom. The molecule has 2 atom stereocenters. The third-order valence-corrected chi connectivity index (χ3v) is 6.21. The Morgan fingerprint density at radius 2 is 1.38 bits per heavy atom. The third kappa shape index (κ3) is 4.19. The van der Waals surface area contributed by atoms with Crippen LogP contribution in [0.15, 0.2) is 11.6 Å². The molecule has 0 N–H and O–H groups in total. The van der Waals surface area contributed by atoms with Crippen LogP contribution in [0.2, 0.25) is 0 Å². The van der Waals surface area contributed by atoms with Crippen molar-refractivity contribution in [1.29, 1.82) is 0 Å². The van der Waals surface area contributed by atoms with E-state index in [2.05, 4.69) is 31.5 Å². The molecule has 0 bridgehead atoms. The molecule has 2 unspecified atom stereocenters. The summed E-state index contributed by atoms with van der Waals surface area (Å²) in [5.74, 6) is 4.23. The molecular weight excluding hydrogens is 328 g/mol. The zero-order chi connectivity index (χ0) is 7.52. The summed E-state index contributed by atoms with van der Waals surface area (Å²) in [6.07, 6.45) is 0. The summed E-state index contributed by atoms with van der Waals surface area (Å²) in [5.41, 5.74) is 0. The molecular formula is C4H4Cl2N4P2Zr. The second kappa shape index (κ2) is 7.09. The van der Waals surface area contributed by atoms with Gasteiger partial charge in [0.1, 0.15) is 0 Å². The van der Waals surface area contributed by atoms with Crippen molar-refractivity contribution in [3.63, 3.8) is 0 Å². The Hall–Kier alpha value is 0.743. The molecule has 0 radical (unpaired) electrons. The van der Waals surface area contributed by atoms with Crippen molar-refractivity contribution in [3.05, 3.63) is 11.6 Å². The SMILES string of the molecule is [Cl-].[Cl-].c1[pH]nn[c]1[Zr+2][c]1c[pH]nn1. The molecule has 2 aromatic rings. The van der Waals surface area contributed by atoms with Crippen LogP contribution in [0.3, 0.4) is 0 Å². The Bertz CT molecular complexity index is 281. The minimum absolute atomic E-state index is 0. The van der Waals surface area contributed by atoms with Crippen LogP contribution in [-0.4, -0.2) is 19.9 Å². The quantitative estimate of drug-likeness (QED) is 0.549. The van der Waals surface area contributed by atoms with Crippen LogP contribution in [0.5, 0.6) is 0 Å². The summed E-state index contributed by atoms with van der Waals surface area (Å²) in [5, 5.41) is 8.07. The van der Waals surface area contributed by atoms with Gasteiger partial charge in [-0.2, -0.15) is 0 Å². The summed E-state index contributed by atoms with van der Waals surface area (Å²) in [6, 6.07) is 0. The van der Waals surface area contributed by atoms with E-state index in [1.54, 1.807) is 0 Å². The molecule has 2 aromatic heterocycles. The van der Waals surface area contributed by atoms with E-state index < -0.39 is 23.2 Å². The first-order valence-corrected chi connectivity index (χ1v) is 7.46. The van der Waals surface area contributed by atoms with Crippen molar-refractivity contribution in [2.45, 2.75) is 0 Å². The van der Waals surface area contributed by atoms with Gasteiger partial charge in [0.05, 0.1) is 0 Å². The van der Waals surface area contributed by atoms with Crippen LogP contribution in [0.1, 0.15) is 0 Å². The molecule has 0 saturated carbocycles. The van der Waals surface area contributed by atoms with Crippen molar-refractivity contribution in [2.75, 3.05) is 0 Å². The van der Waals surface area contributed by atoms with Gasteiger partial charge in [-0.15, -0.1) is 0 Å². The number of nitrogens with zero attached hydrogens (tertiary/aromatic N) is 4. The normalized spacial score (nSPS) is 9.23. The van der Waals surface area contributed by atoms with Crippen LogP contribution < -0.4 is 31.6 Å². The Labute approximate surface area is 102 Å². The van der Waals surface area contributed by atoms with Gasteiger partial charge in [-0.05, 0) is 0 Å². The fourth-order valence-electron chi connectivity index (χ4n) is 0.657. The van der Waals surface area contributed by atoms with Crippen LogP contribution in [0.25, 0.3) is 0 Å². The van der Waals surface area contributed by atoms with E-state index in [0.717, 1.165) is 0 Å². The van der Waals surface area contributed by atoms with Crippen LogP contribution >= 0.6 is 16.7 Å². The topological polar surface area (TPSA) is 51.6 Å². The van der Waals surface area contributed by atoms with Gasteiger partial charge in [0, 0.05) is 0 Å². The first kappa shape index (κ1) is 13.7. The van der Waals surface area contributed by atoms with Gasteiger partial charge >= 0.3 is 78.3 Å². The van der Waals surface area contributed by atoms with E-state index >= 15 is 0 Å². The second-order valence-electron chi connectivity index (χ2n) is 1.84. The van der Waals surface area contributed by atoms with Crippen molar-refractivity contribution in [3.8, 4) is 0 Å². The molecule has 0 saturated heterocycles. The molecule has 0 fully saturated rings. The zero-order valence-electron chi connectivity index (χ0n) is 6.20. The second-order valence-corrected chi connectivity index (χ2v) is 6.47. The van der Waals surface area contributed by atoms with Crippen molar-refractivity contribution in [1.82, 2.24) is 19.9 Å². The maximum absolute atomic E-state index is 4.03. The predicted octanol–water partition coefficient (Wildman–Crippen LogP) is -6.63. The van der Waals surface area contributed by atoms with Crippen LogP contribution in [0, 0.1) is 0 Å². The molecule has 2 rings (SSSR count). The summed E-state index contributed by atoms with van der Waals surface area (Å²) < 4.78 is 2.40. The van der Waals surface area contributed by atoms with E-state index in [-0.39, 0.29) is 24.8 Å². The van der Waals surface area contributed by atoms with Gasteiger partial charge in [-0.3, -0.25) is 0 Å². The van der Waals surface area contributed by atoms with Gasteiger partial charge < -0.3 is 24.8 Å². The maximum atomic E-state index is 4.03. The molecule has 0 aliphatic carbocycles. The van der Waals surface area contributed by atoms with E-state index in [1.807, 2.05) is 0 Å². The predicted molar refractivity (Wildman–Crippen MR) is 42.3 cm³/mol. The van der Waals surface area contributed by atoms with Gasteiger partial charge in [0.2, 0.25) is 0 Å². The molecule has 0 aromatic carbocycles. The number of rotatable bonds is 2. The number of hydrogen-bond donors (Lipinski definition) is 0. The summed E-state index contributed by atoms with van der Waals surface area (Å²) in [6.45, 7) is 0. The molecule has 13 heavy (non-hydrogen) atoms. The Kier molecular flexibility index (Phi) is 7.50. The minimum atomic E-state index is -0.694. The summed E-state index contributed by atoms with van der Waals surface area (Å²) >= 11 is -0.694. The van der Waals surface area contributed by atoms with Gasteiger partial charge in [-0.1, -0.05) is 0 Å². The fourth-order valence-corrected chi connectivity index (χ4v) is 5.25. The van der Waals surface area contributed by atoms with E-state index in [9.17, 15) is 0 Å². The van der Waals surface area contributed by atoms with Crippen molar-refractivity contribution >= 4 is 23.5 Å². The first-order chi connectivity index (χ1) is 5.45. The molecule has 2 heterocycles. The Balaban J connectivity index is 0.000000720. The molecule has 0 aliphatic rings.